The van der Waals surface area contributed by atoms with Crippen molar-refractivity contribution in [1.29, 1.82) is 0 Å². The van der Waals surface area contributed by atoms with Crippen LogP contribution >= 0.6 is 11.3 Å². The van der Waals surface area contributed by atoms with E-state index in [1.54, 1.807) is 49.7 Å². The van der Waals surface area contributed by atoms with Crippen LogP contribution in [0, 0.1) is 0 Å². The molecular formula is C25H30N2O6S. The van der Waals surface area contributed by atoms with Crippen LogP contribution in [0.2, 0.25) is 0 Å². The van der Waals surface area contributed by atoms with Crippen LogP contribution in [0.3, 0.4) is 0 Å². The van der Waals surface area contributed by atoms with Gasteiger partial charge in [-0.3, -0.25) is 9.59 Å². The average molecular weight is 487 g/mol. The molecule has 0 saturated carbocycles. The van der Waals surface area contributed by atoms with Crippen molar-refractivity contribution in [3.63, 3.8) is 0 Å². The van der Waals surface area contributed by atoms with Crippen LogP contribution in [0.25, 0.3) is 0 Å². The van der Waals surface area contributed by atoms with Crippen molar-refractivity contribution in [2.24, 2.45) is 0 Å². The lowest BCUT2D eigenvalue weighted by Crippen LogP contribution is -2.44. The Kier molecular flexibility index (Phi) is 9.54. The summed E-state index contributed by atoms with van der Waals surface area (Å²) in [4.78, 5) is 30.6. The molecule has 9 heteroatoms. The van der Waals surface area contributed by atoms with Gasteiger partial charge in [0.15, 0.2) is 17.3 Å². The van der Waals surface area contributed by atoms with Crippen molar-refractivity contribution in [3.8, 4) is 11.5 Å². The minimum Gasteiger partial charge on any atom is -0.493 e. The summed E-state index contributed by atoms with van der Waals surface area (Å²) in [5.41, 5.74) is 1.02. The van der Waals surface area contributed by atoms with E-state index in [0.29, 0.717) is 37.6 Å². The predicted octanol–water partition coefficient (Wildman–Crippen LogP) is 3.72. The summed E-state index contributed by atoms with van der Waals surface area (Å²) in [6.07, 6.45) is 2.07. The third-order valence-electron chi connectivity index (χ3n) is 5.31. The smallest absolute Gasteiger partial charge is 0.290 e. The van der Waals surface area contributed by atoms with Crippen LogP contribution in [0.15, 0.2) is 58.5 Å². The van der Waals surface area contributed by atoms with Gasteiger partial charge in [0, 0.05) is 25.1 Å². The fraction of sp³-hybridized carbons (Fsp3) is 0.360. The van der Waals surface area contributed by atoms with Crippen molar-refractivity contribution in [2.45, 2.75) is 13.0 Å². The Hall–Kier alpha value is -3.30. The van der Waals surface area contributed by atoms with Gasteiger partial charge < -0.3 is 28.4 Å². The van der Waals surface area contributed by atoms with Gasteiger partial charge in [-0.1, -0.05) is 12.1 Å². The van der Waals surface area contributed by atoms with Crippen molar-refractivity contribution in [3.05, 3.63) is 70.3 Å². The number of amides is 2. The molecule has 0 N–H and O–H groups in total. The molecule has 0 aliphatic carbocycles. The molecule has 0 aliphatic rings. The molecule has 0 aliphatic heterocycles. The SMILES string of the molecule is COCCN(CC(=O)N(CCc1ccc(OC)c(OC)c1)Cc1cccs1)C(=O)c1ccco1. The molecule has 0 fully saturated rings. The Bertz CT molecular complexity index is 1040. The summed E-state index contributed by atoms with van der Waals surface area (Å²) in [6, 6.07) is 12.9. The molecule has 0 saturated heterocycles. The maximum absolute atomic E-state index is 13.4. The normalized spacial score (nSPS) is 10.7. The molecule has 3 rings (SSSR count). The number of furan rings is 1. The van der Waals surface area contributed by atoms with Crippen LogP contribution in [0.4, 0.5) is 0 Å². The summed E-state index contributed by atoms with van der Waals surface area (Å²) in [7, 11) is 4.75. The lowest BCUT2D eigenvalue weighted by molar-refractivity contribution is -0.132. The van der Waals surface area contributed by atoms with Gasteiger partial charge >= 0.3 is 0 Å². The molecule has 0 spiro atoms. The predicted molar refractivity (Wildman–Crippen MR) is 129 cm³/mol. The second kappa shape index (κ2) is 12.8. The van der Waals surface area contributed by atoms with Gasteiger partial charge in [0.1, 0.15) is 6.54 Å². The number of hydrogen-bond donors (Lipinski definition) is 0. The number of ether oxygens (including phenoxy) is 3. The maximum Gasteiger partial charge on any atom is 0.290 e. The number of benzene rings is 1. The minimum atomic E-state index is -0.341. The summed E-state index contributed by atoms with van der Waals surface area (Å²) in [5, 5.41) is 1.98. The van der Waals surface area contributed by atoms with Crippen LogP contribution in [0.1, 0.15) is 21.0 Å². The van der Waals surface area contributed by atoms with E-state index >= 15 is 0 Å². The van der Waals surface area contributed by atoms with Gasteiger partial charge in [0.05, 0.1) is 33.6 Å². The van der Waals surface area contributed by atoms with E-state index in [0.717, 1.165) is 10.4 Å². The van der Waals surface area contributed by atoms with Gasteiger partial charge in [-0.25, -0.2) is 0 Å². The highest BCUT2D eigenvalue weighted by molar-refractivity contribution is 7.09. The van der Waals surface area contributed by atoms with E-state index in [-0.39, 0.29) is 30.7 Å². The Morgan fingerprint density at radius 3 is 2.44 bits per heavy atom. The van der Waals surface area contributed by atoms with Gasteiger partial charge in [0.25, 0.3) is 5.91 Å². The third-order valence-corrected chi connectivity index (χ3v) is 6.17. The van der Waals surface area contributed by atoms with E-state index < -0.39 is 0 Å². The summed E-state index contributed by atoms with van der Waals surface area (Å²) in [5.74, 6) is 1.00. The van der Waals surface area contributed by atoms with Gasteiger partial charge in [-0.05, 0) is 47.7 Å². The van der Waals surface area contributed by atoms with E-state index in [2.05, 4.69) is 0 Å². The van der Waals surface area contributed by atoms with Crippen LogP contribution in [-0.2, 0) is 22.5 Å². The van der Waals surface area contributed by atoms with E-state index in [4.69, 9.17) is 18.6 Å². The second-order valence-corrected chi connectivity index (χ2v) is 8.56. The highest BCUT2D eigenvalue weighted by atomic mass is 32.1. The quantitative estimate of drug-likeness (QED) is 0.366. The molecule has 0 unspecified atom stereocenters. The Morgan fingerprint density at radius 1 is 0.971 bits per heavy atom. The zero-order chi connectivity index (χ0) is 24.3. The summed E-state index contributed by atoms with van der Waals surface area (Å²) >= 11 is 1.59. The molecule has 2 aromatic heterocycles. The molecule has 182 valence electrons. The molecule has 0 radical (unpaired) electrons. The first-order valence-corrected chi connectivity index (χ1v) is 11.8. The number of hydrogen-bond acceptors (Lipinski definition) is 7. The van der Waals surface area contributed by atoms with Crippen LogP contribution in [-0.4, -0.2) is 69.2 Å². The van der Waals surface area contributed by atoms with E-state index in [1.165, 1.54) is 11.2 Å². The van der Waals surface area contributed by atoms with Crippen molar-refractivity contribution in [2.75, 3.05) is 47.6 Å². The van der Waals surface area contributed by atoms with E-state index in [9.17, 15) is 9.59 Å². The first-order valence-electron chi connectivity index (χ1n) is 10.9. The van der Waals surface area contributed by atoms with Crippen LogP contribution in [0.5, 0.6) is 11.5 Å². The molecule has 0 bridgehead atoms. The lowest BCUT2D eigenvalue weighted by atomic mass is 10.1. The average Bonchev–Trinajstić information content (AvgIpc) is 3.58. The van der Waals surface area contributed by atoms with Gasteiger partial charge in [0.2, 0.25) is 5.91 Å². The number of methoxy groups -OCH3 is 3. The zero-order valence-electron chi connectivity index (χ0n) is 19.7. The molecule has 3 aromatic rings. The Morgan fingerprint density at radius 2 is 1.79 bits per heavy atom. The first-order chi connectivity index (χ1) is 16.5. The number of rotatable bonds is 13. The molecule has 2 heterocycles. The Balaban J connectivity index is 1.74. The molecule has 0 atom stereocenters. The number of nitrogens with zero attached hydrogens (tertiary/aromatic N) is 2. The highest BCUT2D eigenvalue weighted by Gasteiger charge is 2.24. The number of thiophene rings is 1. The minimum absolute atomic E-state index is 0.0692. The number of carbonyl (C=O) groups is 2. The maximum atomic E-state index is 13.4. The van der Waals surface area contributed by atoms with Crippen molar-refractivity contribution >= 4 is 23.2 Å². The summed E-state index contributed by atoms with van der Waals surface area (Å²) < 4.78 is 21.1. The monoisotopic (exact) mass is 486 g/mol. The zero-order valence-corrected chi connectivity index (χ0v) is 20.5. The first kappa shape index (κ1) is 25.3. The van der Waals surface area contributed by atoms with Crippen molar-refractivity contribution < 1.29 is 28.2 Å². The fourth-order valence-electron chi connectivity index (χ4n) is 3.46. The Labute approximate surface area is 203 Å². The van der Waals surface area contributed by atoms with Gasteiger partial charge in [-0.2, -0.15) is 0 Å². The lowest BCUT2D eigenvalue weighted by Gasteiger charge is -2.27. The van der Waals surface area contributed by atoms with E-state index in [1.807, 2.05) is 35.7 Å². The standard InChI is InChI=1S/C25H30N2O6S/c1-30-14-12-27(25(29)22-7-4-13-33-22)18-24(28)26(17-20-6-5-15-34-20)11-10-19-8-9-21(31-2)23(16-19)32-3/h4-9,13,15-16H,10-12,14,17-18H2,1-3H3. The largest absolute Gasteiger partial charge is 0.493 e. The molecular weight excluding hydrogens is 456 g/mol. The molecule has 1 aromatic carbocycles. The topological polar surface area (TPSA) is 81.5 Å². The highest BCUT2D eigenvalue weighted by Crippen LogP contribution is 2.28. The van der Waals surface area contributed by atoms with Crippen LogP contribution < -0.4 is 9.47 Å². The van der Waals surface area contributed by atoms with Gasteiger partial charge in [-0.15, -0.1) is 11.3 Å². The second-order valence-electron chi connectivity index (χ2n) is 7.53. The third kappa shape index (κ3) is 6.85. The fourth-order valence-corrected chi connectivity index (χ4v) is 4.18. The summed E-state index contributed by atoms with van der Waals surface area (Å²) in [6.45, 7) is 1.48. The molecule has 8 nitrogen and oxygen atoms in total. The molecule has 34 heavy (non-hydrogen) atoms. The molecule has 2 amide bonds. The van der Waals surface area contributed by atoms with Crippen molar-refractivity contribution in [1.82, 2.24) is 9.80 Å². The number of carbonyl (C=O) groups excluding carboxylic acids is 2.